The van der Waals surface area contributed by atoms with Crippen LogP contribution >= 0.6 is 0 Å². The molecule has 0 aromatic carbocycles. The highest BCUT2D eigenvalue weighted by Gasteiger charge is 2.71. The summed E-state index contributed by atoms with van der Waals surface area (Å²) in [6.07, 6.45) is 7.27. The van der Waals surface area contributed by atoms with E-state index in [4.69, 9.17) is 10.5 Å². The second-order valence-electron chi connectivity index (χ2n) is 8.02. The van der Waals surface area contributed by atoms with E-state index >= 15 is 0 Å². The molecule has 2 aliphatic carbocycles. The Labute approximate surface area is 128 Å². The van der Waals surface area contributed by atoms with Crippen molar-refractivity contribution in [3.63, 3.8) is 0 Å². The molecule has 3 unspecified atom stereocenters. The molecule has 3 rings (SSSR count). The first-order valence-corrected chi connectivity index (χ1v) is 8.56. The van der Waals surface area contributed by atoms with E-state index in [0.29, 0.717) is 5.41 Å². The first kappa shape index (κ1) is 15.3. The molecule has 0 aromatic rings. The third-order valence-corrected chi connectivity index (χ3v) is 6.87. The number of nitrogens with two attached hydrogens (primary N) is 1. The molecule has 3 atom stereocenters. The zero-order valence-electron chi connectivity index (χ0n) is 13.7. The Balaban J connectivity index is 1.68. The molecule has 0 bridgehead atoms. The van der Waals surface area contributed by atoms with Gasteiger partial charge in [0.15, 0.2) is 0 Å². The summed E-state index contributed by atoms with van der Waals surface area (Å²) in [4.78, 5) is 12.8. The number of hydrogen-bond donors (Lipinski definition) is 2. The van der Waals surface area contributed by atoms with Crippen LogP contribution in [0.5, 0.6) is 0 Å². The highest BCUT2D eigenvalue weighted by molar-refractivity contribution is 5.89. The summed E-state index contributed by atoms with van der Waals surface area (Å²) < 4.78 is 5.77. The summed E-state index contributed by atoms with van der Waals surface area (Å²) in [5.41, 5.74) is 5.86. The van der Waals surface area contributed by atoms with Crippen LogP contribution in [0.3, 0.4) is 0 Å². The van der Waals surface area contributed by atoms with E-state index in [9.17, 15) is 4.79 Å². The van der Waals surface area contributed by atoms with Gasteiger partial charge < -0.3 is 15.8 Å². The quantitative estimate of drug-likeness (QED) is 0.835. The Hall–Kier alpha value is -0.610. The highest BCUT2D eigenvalue weighted by Crippen LogP contribution is 2.58. The van der Waals surface area contributed by atoms with Crippen molar-refractivity contribution in [1.82, 2.24) is 5.32 Å². The van der Waals surface area contributed by atoms with Gasteiger partial charge in [0.1, 0.15) is 5.54 Å². The maximum atomic E-state index is 12.8. The SMILES string of the molecule is CCC1(CNC(=O)C2(N)C3CCOC3C2(C)C)CCCC1. The normalized spacial score (nSPS) is 39.6. The second-order valence-corrected chi connectivity index (χ2v) is 8.02. The largest absolute Gasteiger partial charge is 0.377 e. The third-order valence-electron chi connectivity index (χ3n) is 6.87. The van der Waals surface area contributed by atoms with Crippen molar-refractivity contribution >= 4 is 5.91 Å². The Bertz CT molecular complexity index is 429. The number of ether oxygens (including phenoxy) is 1. The summed E-state index contributed by atoms with van der Waals surface area (Å²) in [5, 5.41) is 3.21. The number of fused-ring (bicyclic) bond motifs is 1. The fraction of sp³-hybridized carbons (Fsp3) is 0.941. The lowest BCUT2D eigenvalue weighted by molar-refractivity contribution is -0.175. The number of hydrogen-bond acceptors (Lipinski definition) is 3. The Morgan fingerprint density at radius 3 is 2.62 bits per heavy atom. The molecule has 3 aliphatic rings. The van der Waals surface area contributed by atoms with Crippen LogP contribution in [0.25, 0.3) is 0 Å². The molecule has 120 valence electrons. The first-order valence-electron chi connectivity index (χ1n) is 8.56. The van der Waals surface area contributed by atoms with Gasteiger partial charge in [0, 0.05) is 24.5 Å². The summed E-state index contributed by atoms with van der Waals surface area (Å²) in [6, 6.07) is 0. The van der Waals surface area contributed by atoms with Gasteiger partial charge in [-0.25, -0.2) is 0 Å². The smallest absolute Gasteiger partial charge is 0.241 e. The van der Waals surface area contributed by atoms with Crippen molar-refractivity contribution < 1.29 is 9.53 Å². The number of nitrogens with one attached hydrogen (secondary N) is 1. The minimum atomic E-state index is -0.762. The molecule has 2 saturated carbocycles. The van der Waals surface area contributed by atoms with E-state index < -0.39 is 5.54 Å². The van der Waals surface area contributed by atoms with Crippen LogP contribution in [0.4, 0.5) is 0 Å². The van der Waals surface area contributed by atoms with E-state index in [2.05, 4.69) is 26.1 Å². The van der Waals surface area contributed by atoms with Crippen molar-refractivity contribution in [1.29, 1.82) is 0 Å². The predicted molar refractivity (Wildman–Crippen MR) is 82.7 cm³/mol. The lowest BCUT2D eigenvalue weighted by Gasteiger charge is -2.60. The van der Waals surface area contributed by atoms with E-state index in [1.807, 2.05) is 0 Å². The van der Waals surface area contributed by atoms with Crippen molar-refractivity contribution in [2.24, 2.45) is 22.5 Å². The summed E-state index contributed by atoms with van der Waals surface area (Å²) in [5.74, 6) is 0.229. The van der Waals surface area contributed by atoms with Crippen LogP contribution in [0.1, 0.15) is 59.3 Å². The van der Waals surface area contributed by atoms with Gasteiger partial charge in [-0.15, -0.1) is 0 Å². The number of carbonyl (C=O) groups is 1. The monoisotopic (exact) mass is 294 g/mol. The Morgan fingerprint density at radius 2 is 2.00 bits per heavy atom. The molecular weight excluding hydrogens is 264 g/mol. The third kappa shape index (κ3) is 1.98. The molecule has 1 saturated heterocycles. The lowest BCUT2D eigenvalue weighted by Crippen LogP contribution is -2.80. The lowest BCUT2D eigenvalue weighted by atomic mass is 9.48. The van der Waals surface area contributed by atoms with E-state index in [1.54, 1.807) is 0 Å². The van der Waals surface area contributed by atoms with Gasteiger partial charge in [-0.2, -0.15) is 0 Å². The Kier molecular flexibility index (Phi) is 3.61. The van der Waals surface area contributed by atoms with E-state index in [1.165, 1.54) is 25.7 Å². The maximum Gasteiger partial charge on any atom is 0.241 e. The summed E-state index contributed by atoms with van der Waals surface area (Å²) >= 11 is 0. The molecule has 0 radical (unpaired) electrons. The predicted octanol–water partition coefficient (Wildman–Crippen LogP) is 2.22. The molecule has 4 heteroatoms. The maximum absolute atomic E-state index is 12.8. The molecule has 1 amide bonds. The molecule has 3 N–H and O–H groups in total. The van der Waals surface area contributed by atoms with Crippen molar-refractivity contribution in [2.45, 2.75) is 70.9 Å². The average molecular weight is 294 g/mol. The Morgan fingerprint density at radius 1 is 1.33 bits per heavy atom. The number of rotatable bonds is 4. The van der Waals surface area contributed by atoms with Crippen molar-refractivity contribution in [3.05, 3.63) is 0 Å². The van der Waals surface area contributed by atoms with Crippen molar-refractivity contribution in [3.8, 4) is 0 Å². The average Bonchev–Trinajstić information content (AvgIpc) is 3.12. The van der Waals surface area contributed by atoms with Crippen LogP contribution < -0.4 is 11.1 Å². The summed E-state index contributed by atoms with van der Waals surface area (Å²) in [6.45, 7) is 7.91. The molecule has 1 heterocycles. The molecule has 3 fully saturated rings. The molecule has 4 nitrogen and oxygen atoms in total. The fourth-order valence-corrected chi connectivity index (χ4v) is 5.04. The number of carbonyl (C=O) groups excluding carboxylic acids is 1. The zero-order chi connectivity index (χ0) is 15.3. The molecule has 21 heavy (non-hydrogen) atoms. The minimum Gasteiger partial charge on any atom is -0.377 e. The zero-order valence-corrected chi connectivity index (χ0v) is 13.7. The molecule has 0 spiro atoms. The van der Waals surface area contributed by atoms with Crippen LogP contribution in [-0.2, 0) is 9.53 Å². The first-order chi connectivity index (χ1) is 9.87. The van der Waals surface area contributed by atoms with Gasteiger partial charge in [0.05, 0.1) is 6.10 Å². The van der Waals surface area contributed by atoms with Crippen molar-refractivity contribution in [2.75, 3.05) is 13.2 Å². The van der Waals surface area contributed by atoms with Gasteiger partial charge in [-0.1, -0.05) is 33.6 Å². The second kappa shape index (κ2) is 4.95. The topological polar surface area (TPSA) is 64.4 Å². The molecule has 0 aromatic heterocycles. The van der Waals surface area contributed by atoms with E-state index in [0.717, 1.165) is 26.0 Å². The summed E-state index contributed by atoms with van der Waals surface area (Å²) in [7, 11) is 0. The van der Waals surface area contributed by atoms with Crippen LogP contribution in [0.2, 0.25) is 0 Å². The van der Waals surface area contributed by atoms with Crippen LogP contribution in [-0.4, -0.2) is 30.7 Å². The molecular formula is C17H30N2O2. The van der Waals surface area contributed by atoms with Gasteiger partial charge in [-0.3, -0.25) is 4.79 Å². The number of amides is 1. The van der Waals surface area contributed by atoms with Gasteiger partial charge >= 0.3 is 0 Å². The van der Waals surface area contributed by atoms with Gasteiger partial charge in [-0.05, 0) is 31.1 Å². The van der Waals surface area contributed by atoms with Gasteiger partial charge in [0.25, 0.3) is 0 Å². The fourth-order valence-electron chi connectivity index (χ4n) is 5.04. The highest BCUT2D eigenvalue weighted by atomic mass is 16.5. The van der Waals surface area contributed by atoms with Crippen LogP contribution in [0, 0.1) is 16.7 Å². The van der Waals surface area contributed by atoms with E-state index in [-0.39, 0.29) is 23.3 Å². The van der Waals surface area contributed by atoms with Crippen LogP contribution in [0.15, 0.2) is 0 Å². The minimum absolute atomic E-state index is 0.0407. The van der Waals surface area contributed by atoms with Gasteiger partial charge in [0.2, 0.25) is 5.91 Å². The molecule has 1 aliphatic heterocycles. The standard InChI is InChI=1S/C17H30N2O2/c1-4-16(8-5-6-9-16)11-19-14(20)17(18)12-7-10-21-13(12)15(17,2)3/h12-13H,4-11,18H2,1-3H3,(H,19,20).